The maximum Gasteiger partial charge on any atom is 0.417 e. The van der Waals surface area contributed by atoms with Gasteiger partial charge in [-0.2, -0.15) is 26.3 Å². The Morgan fingerprint density at radius 1 is 1.21 bits per heavy atom. The second kappa shape index (κ2) is 9.74. The lowest BCUT2D eigenvalue weighted by atomic mass is 9.99. The second-order valence-corrected chi connectivity index (χ2v) is 7.91. The number of amides is 1. The van der Waals surface area contributed by atoms with E-state index in [4.69, 9.17) is 4.74 Å². The summed E-state index contributed by atoms with van der Waals surface area (Å²) in [5.74, 6) is -0.644. The molecule has 0 bridgehead atoms. The van der Waals surface area contributed by atoms with Crippen LogP contribution in [-0.2, 0) is 17.1 Å². The van der Waals surface area contributed by atoms with Crippen LogP contribution in [0.3, 0.4) is 0 Å². The Morgan fingerprint density at radius 2 is 1.91 bits per heavy atom. The second-order valence-electron chi connectivity index (χ2n) is 7.91. The van der Waals surface area contributed by atoms with Crippen molar-refractivity contribution in [1.29, 1.82) is 0 Å². The number of nitrogens with zero attached hydrogens (tertiary/aromatic N) is 3. The summed E-state index contributed by atoms with van der Waals surface area (Å²) in [6.07, 6.45) is -11.2. The number of morpholine rings is 1. The molecule has 0 aliphatic carbocycles. The van der Waals surface area contributed by atoms with Gasteiger partial charge in [-0.15, -0.1) is 10.2 Å². The molecule has 2 heterocycles. The molecule has 2 N–H and O–H groups in total. The molecule has 0 radical (unpaired) electrons. The van der Waals surface area contributed by atoms with Crippen LogP contribution >= 0.6 is 0 Å². The van der Waals surface area contributed by atoms with Gasteiger partial charge in [-0.25, -0.2) is 0 Å². The molecule has 1 saturated heterocycles. The van der Waals surface area contributed by atoms with Gasteiger partial charge in [0.15, 0.2) is 5.82 Å². The van der Waals surface area contributed by atoms with Crippen molar-refractivity contribution >= 4 is 11.7 Å². The molecule has 186 valence electrons. The molecule has 34 heavy (non-hydrogen) atoms. The first kappa shape index (κ1) is 25.7. The Bertz CT molecular complexity index is 1040. The van der Waals surface area contributed by atoms with Gasteiger partial charge in [0.1, 0.15) is 0 Å². The van der Waals surface area contributed by atoms with E-state index in [2.05, 4.69) is 15.5 Å². The fourth-order valence-electron chi connectivity index (χ4n) is 3.41. The minimum Gasteiger partial charge on any atom is -0.392 e. The number of anilines is 1. The molecule has 1 aliphatic heterocycles. The number of ether oxygens (including phenoxy) is 1. The lowest BCUT2D eigenvalue weighted by molar-refractivity contribution is -0.142. The van der Waals surface area contributed by atoms with Gasteiger partial charge in [0.2, 0.25) is 0 Å². The first-order chi connectivity index (χ1) is 15.8. The highest BCUT2D eigenvalue weighted by atomic mass is 19.4. The third kappa shape index (κ3) is 5.95. The van der Waals surface area contributed by atoms with E-state index in [9.17, 15) is 36.2 Å². The molecular weight excluding hydrogens is 470 g/mol. The van der Waals surface area contributed by atoms with Crippen LogP contribution in [0.1, 0.15) is 35.3 Å². The summed E-state index contributed by atoms with van der Waals surface area (Å²) < 4.78 is 85.4. The third-order valence-electron chi connectivity index (χ3n) is 5.05. The topological polar surface area (TPSA) is 87.6 Å². The number of rotatable bonds is 5. The van der Waals surface area contributed by atoms with Crippen molar-refractivity contribution in [3.05, 3.63) is 41.0 Å². The van der Waals surface area contributed by atoms with E-state index in [1.807, 2.05) is 0 Å². The minimum absolute atomic E-state index is 0.00175. The molecule has 3 rings (SSSR count). The molecule has 0 spiro atoms. The van der Waals surface area contributed by atoms with Gasteiger partial charge < -0.3 is 20.1 Å². The van der Waals surface area contributed by atoms with Crippen LogP contribution in [0.25, 0.3) is 11.3 Å². The standard InChI is InChI=1S/C21H22F6N4O3/c1-11(32)9-28-18-15(19(33)31-5-6-34-12(2)10-31)8-17(29-30-18)14-4-3-13(20(22,23)24)7-16(14)21(25,26)27/h3-4,7-8,11-12,32H,5-6,9-10H2,1-2H3,(H,28,30)/t11-,12+/m1/s1. The Kier molecular flexibility index (Phi) is 7.36. The van der Waals surface area contributed by atoms with Crippen LogP contribution in [0.15, 0.2) is 24.3 Å². The number of aliphatic hydroxyl groups is 1. The van der Waals surface area contributed by atoms with Crippen molar-refractivity contribution in [3.8, 4) is 11.3 Å². The Labute approximate surface area is 190 Å². The number of aliphatic hydroxyl groups excluding tert-OH is 1. The maximum atomic E-state index is 13.6. The number of nitrogens with one attached hydrogen (secondary N) is 1. The van der Waals surface area contributed by atoms with Gasteiger partial charge >= 0.3 is 12.4 Å². The van der Waals surface area contributed by atoms with Crippen LogP contribution in [0.2, 0.25) is 0 Å². The molecule has 2 aromatic rings. The van der Waals surface area contributed by atoms with E-state index in [-0.39, 0.29) is 49.8 Å². The number of aromatic nitrogens is 2. The van der Waals surface area contributed by atoms with E-state index in [0.717, 1.165) is 6.07 Å². The summed E-state index contributed by atoms with van der Waals surface area (Å²) in [4.78, 5) is 14.6. The summed E-state index contributed by atoms with van der Waals surface area (Å²) in [5, 5.41) is 19.8. The average Bonchev–Trinajstić information content (AvgIpc) is 2.75. The quantitative estimate of drug-likeness (QED) is 0.617. The molecule has 0 unspecified atom stereocenters. The van der Waals surface area contributed by atoms with Gasteiger partial charge in [0.05, 0.1) is 41.2 Å². The molecule has 1 aliphatic rings. The zero-order valence-corrected chi connectivity index (χ0v) is 18.2. The lowest BCUT2D eigenvalue weighted by Gasteiger charge is -2.31. The third-order valence-corrected chi connectivity index (χ3v) is 5.05. The molecule has 1 amide bonds. The van der Waals surface area contributed by atoms with Crippen LogP contribution in [-0.4, -0.2) is 64.6 Å². The van der Waals surface area contributed by atoms with Gasteiger partial charge in [0, 0.05) is 25.2 Å². The molecule has 2 atom stereocenters. The number of benzene rings is 1. The fraction of sp³-hybridized carbons (Fsp3) is 0.476. The molecule has 1 fully saturated rings. The van der Waals surface area contributed by atoms with Crippen molar-refractivity contribution in [3.63, 3.8) is 0 Å². The molecule has 1 aromatic carbocycles. The number of hydrogen-bond acceptors (Lipinski definition) is 6. The van der Waals surface area contributed by atoms with Crippen molar-refractivity contribution in [2.75, 3.05) is 31.6 Å². The number of hydrogen-bond donors (Lipinski definition) is 2. The summed E-state index contributed by atoms with van der Waals surface area (Å²) in [5.41, 5.74) is -4.23. The van der Waals surface area contributed by atoms with E-state index in [1.165, 1.54) is 11.8 Å². The highest BCUT2D eigenvalue weighted by Crippen LogP contribution is 2.40. The molecule has 0 saturated carbocycles. The van der Waals surface area contributed by atoms with Gasteiger partial charge in [-0.1, -0.05) is 6.07 Å². The number of carbonyl (C=O) groups excluding carboxylic acids is 1. The summed E-state index contributed by atoms with van der Waals surface area (Å²) >= 11 is 0. The predicted octanol–water partition coefficient (Wildman–Crippen LogP) is 3.83. The summed E-state index contributed by atoms with van der Waals surface area (Å²) in [7, 11) is 0. The van der Waals surface area contributed by atoms with Gasteiger partial charge in [0.25, 0.3) is 5.91 Å². The summed E-state index contributed by atoms with van der Waals surface area (Å²) in [6, 6.07) is 2.22. The Balaban J connectivity index is 2.11. The van der Waals surface area contributed by atoms with E-state index in [0.29, 0.717) is 12.1 Å². The molecular formula is C21H22F6N4O3. The monoisotopic (exact) mass is 492 g/mol. The minimum atomic E-state index is -5.12. The SMILES string of the molecule is C[C@@H](O)CNc1nnc(-c2ccc(C(F)(F)F)cc2C(F)(F)F)cc1C(=O)N1CCO[C@@H](C)C1. The average molecular weight is 492 g/mol. The molecule has 7 nitrogen and oxygen atoms in total. The van der Waals surface area contributed by atoms with Crippen molar-refractivity contribution in [2.45, 2.75) is 38.4 Å². The zero-order chi connectivity index (χ0) is 25.3. The highest BCUT2D eigenvalue weighted by molar-refractivity contribution is 5.99. The Morgan fingerprint density at radius 3 is 2.50 bits per heavy atom. The number of halogens is 6. The zero-order valence-electron chi connectivity index (χ0n) is 18.2. The first-order valence-electron chi connectivity index (χ1n) is 10.3. The maximum absolute atomic E-state index is 13.6. The van der Waals surface area contributed by atoms with Crippen LogP contribution in [0.4, 0.5) is 32.2 Å². The predicted molar refractivity (Wildman–Crippen MR) is 109 cm³/mol. The van der Waals surface area contributed by atoms with Crippen LogP contribution < -0.4 is 5.32 Å². The largest absolute Gasteiger partial charge is 0.417 e. The van der Waals surface area contributed by atoms with Gasteiger partial charge in [-0.3, -0.25) is 4.79 Å². The van der Waals surface area contributed by atoms with Crippen molar-refractivity contribution in [1.82, 2.24) is 15.1 Å². The van der Waals surface area contributed by atoms with Crippen molar-refractivity contribution in [2.24, 2.45) is 0 Å². The van der Waals surface area contributed by atoms with Gasteiger partial charge in [-0.05, 0) is 32.0 Å². The van der Waals surface area contributed by atoms with Crippen molar-refractivity contribution < 1.29 is 41.0 Å². The van der Waals surface area contributed by atoms with E-state index < -0.39 is 46.7 Å². The molecule has 13 heteroatoms. The highest BCUT2D eigenvalue weighted by Gasteiger charge is 2.39. The molecule has 1 aromatic heterocycles. The van der Waals surface area contributed by atoms with E-state index >= 15 is 0 Å². The lowest BCUT2D eigenvalue weighted by Crippen LogP contribution is -2.44. The first-order valence-corrected chi connectivity index (χ1v) is 10.3. The van der Waals surface area contributed by atoms with E-state index in [1.54, 1.807) is 6.92 Å². The van der Waals surface area contributed by atoms with Crippen LogP contribution in [0, 0.1) is 0 Å². The van der Waals surface area contributed by atoms with Crippen LogP contribution in [0.5, 0.6) is 0 Å². The number of alkyl halides is 6. The normalized spacial score (nSPS) is 18.0. The fourth-order valence-corrected chi connectivity index (χ4v) is 3.41. The smallest absolute Gasteiger partial charge is 0.392 e. The number of carbonyl (C=O) groups is 1. The summed E-state index contributed by atoms with van der Waals surface area (Å²) in [6.45, 7) is 3.90. The Hall–Kier alpha value is -2.93.